The predicted molar refractivity (Wildman–Crippen MR) is 155 cm³/mol. The maximum Gasteiger partial charge on any atom is 0.148 e. The van der Waals surface area contributed by atoms with Crippen LogP contribution in [0.5, 0.6) is 0 Å². The van der Waals surface area contributed by atoms with E-state index in [1.807, 2.05) is 42.5 Å². The quantitative estimate of drug-likeness (QED) is 0.132. The van der Waals surface area contributed by atoms with Gasteiger partial charge in [0.25, 0.3) is 0 Å². The number of aromatic nitrogens is 4. The summed E-state index contributed by atoms with van der Waals surface area (Å²) in [6.07, 6.45) is 7.93. The number of nitrogens with zero attached hydrogens (tertiary/aromatic N) is 4. The van der Waals surface area contributed by atoms with Gasteiger partial charge in [0.05, 0.1) is 0 Å². The molecule has 0 bridgehead atoms. The molecule has 0 saturated carbocycles. The van der Waals surface area contributed by atoms with E-state index in [9.17, 15) is 0 Å². The van der Waals surface area contributed by atoms with Gasteiger partial charge in [-0.25, -0.2) is 19.9 Å². The van der Waals surface area contributed by atoms with Gasteiger partial charge in [0.2, 0.25) is 0 Å². The van der Waals surface area contributed by atoms with Crippen molar-refractivity contribution in [3.05, 3.63) is 132 Å². The number of hydrogen-bond acceptors (Lipinski definition) is 4. The summed E-state index contributed by atoms with van der Waals surface area (Å²) in [5.74, 6) is 1.34. The Labute approximate surface area is 235 Å². The average molecular weight is 566 g/mol. The second kappa shape index (κ2) is 12.8. The van der Waals surface area contributed by atoms with Gasteiger partial charge in [0, 0.05) is 41.9 Å². The first kappa shape index (κ1) is 29.0. The largest absolute Gasteiger partial charge is 0.748 e. The van der Waals surface area contributed by atoms with Crippen LogP contribution in [0.3, 0.4) is 0 Å². The van der Waals surface area contributed by atoms with Gasteiger partial charge in [-0.2, -0.15) is 11.6 Å². The fourth-order valence-electron chi connectivity index (χ4n) is 4.50. The number of rotatable bonds is 5. The Hall–Kier alpha value is -2.54. The molecule has 0 amide bonds. The van der Waals surface area contributed by atoms with Crippen LogP contribution in [-0.2, 0) is 33.8 Å². The molecule has 0 radical (unpaired) electrons. The normalized spacial score (nSPS) is 11.3. The molecule has 0 N–H and O–H groups in total. The van der Waals surface area contributed by atoms with E-state index in [4.69, 9.17) is 0 Å². The molecule has 0 spiro atoms. The zero-order chi connectivity index (χ0) is 25.6. The second-order valence-corrected chi connectivity index (χ2v) is 10.8. The van der Waals surface area contributed by atoms with Crippen LogP contribution in [0.15, 0.2) is 104 Å². The summed E-state index contributed by atoms with van der Waals surface area (Å²) in [5, 5.41) is -0.774. The smallest absolute Gasteiger partial charge is 0.148 e. The van der Waals surface area contributed by atoms with Crippen molar-refractivity contribution in [1.29, 1.82) is 0 Å². The molecule has 3 aromatic carbocycles. The summed E-state index contributed by atoms with van der Waals surface area (Å²) in [6.45, 7) is 6.77. The molecule has 0 saturated heterocycles. The van der Waals surface area contributed by atoms with E-state index < -0.39 is 5.16 Å². The zero-order valence-corrected chi connectivity index (χ0v) is 24.7. The summed E-state index contributed by atoms with van der Waals surface area (Å²) in [6, 6.07) is 26.5. The molecule has 0 fully saturated rings. The Balaban J connectivity index is 0.000000568. The van der Waals surface area contributed by atoms with Crippen molar-refractivity contribution in [3.8, 4) is 11.1 Å². The minimum Gasteiger partial charge on any atom is -0.748 e. The van der Waals surface area contributed by atoms with Crippen LogP contribution in [0.25, 0.3) is 11.1 Å². The zero-order valence-electron chi connectivity index (χ0n) is 21.3. The van der Waals surface area contributed by atoms with Crippen molar-refractivity contribution in [2.24, 2.45) is 0 Å². The van der Waals surface area contributed by atoms with Crippen molar-refractivity contribution >= 4 is 18.5 Å². The third-order valence-electron chi connectivity index (χ3n) is 6.00. The van der Waals surface area contributed by atoms with Gasteiger partial charge in [0.15, 0.2) is 0 Å². The van der Waals surface area contributed by atoms with Gasteiger partial charge < -0.3 is 30.3 Å². The fourth-order valence-corrected chi connectivity index (χ4v) is 5.45. The summed E-state index contributed by atoms with van der Waals surface area (Å²) >= 11 is 0. The van der Waals surface area contributed by atoms with Crippen LogP contribution in [0.1, 0.15) is 49.1 Å². The standard InChI is InChI=1S/C25H27N4P2.C5H5.Fe/c1-24(2,3)21-19(17-9-5-4-6-10-17)15-18(16-30)20(21)25(31,22-26-11-7-12-27-22)23-28-13-8-14-29-23;1-2-4-5-3-1;/h4-15H,16,30-31H2,1-3H3;1-5H;/q-1;-5;. The second-order valence-electron chi connectivity index (χ2n) is 9.57. The van der Waals surface area contributed by atoms with Crippen LogP contribution < -0.4 is 0 Å². The van der Waals surface area contributed by atoms with E-state index in [-0.39, 0.29) is 22.5 Å². The van der Waals surface area contributed by atoms with Crippen LogP contribution in [0.2, 0.25) is 0 Å². The molecule has 5 aromatic rings. The average Bonchev–Trinajstić information content (AvgIpc) is 3.62. The SMILES string of the molecule is CC(C)(C)[c-]1c(-c2ccccc2)cc(CP)c1C(P)(c1ncccn1)c1ncccn1.[Fe].[cH-]1[cH-][cH-][cH-][cH-]1. The molecular formula is C30H32FeN4P2-6. The Bertz CT molecular complexity index is 1290. The summed E-state index contributed by atoms with van der Waals surface area (Å²) < 4.78 is 0. The maximum absolute atomic E-state index is 4.67. The van der Waals surface area contributed by atoms with Crippen LogP contribution in [-0.4, -0.2) is 19.9 Å². The molecule has 0 aliphatic rings. The van der Waals surface area contributed by atoms with E-state index in [0.717, 1.165) is 11.7 Å². The van der Waals surface area contributed by atoms with E-state index in [2.05, 4.69) is 95.6 Å². The minimum atomic E-state index is -0.774. The first-order valence-corrected chi connectivity index (χ1v) is 13.4. The molecule has 7 heteroatoms. The van der Waals surface area contributed by atoms with Crippen molar-refractivity contribution < 1.29 is 17.1 Å². The molecule has 0 aliphatic carbocycles. The van der Waals surface area contributed by atoms with E-state index in [0.29, 0.717) is 11.6 Å². The number of benzene rings is 1. The molecule has 5 rings (SSSR count). The first-order chi connectivity index (χ1) is 17.4. The molecule has 37 heavy (non-hydrogen) atoms. The van der Waals surface area contributed by atoms with Crippen LogP contribution >= 0.6 is 18.5 Å². The van der Waals surface area contributed by atoms with Gasteiger partial charge in [0.1, 0.15) is 16.8 Å². The van der Waals surface area contributed by atoms with Crippen LogP contribution in [0, 0.1) is 0 Å². The number of hydrogen-bond donors (Lipinski definition) is 0. The Morgan fingerprint density at radius 3 is 1.62 bits per heavy atom. The summed E-state index contributed by atoms with van der Waals surface area (Å²) in [4.78, 5) is 18.7. The van der Waals surface area contributed by atoms with Crippen molar-refractivity contribution in [3.63, 3.8) is 0 Å². The minimum absolute atomic E-state index is 0. The molecule has 0 aliphatic heterocycles. The topological polar surface area (TPSA) is 51.6 Å². The third-order valence-corrected chi connectivity index (χ3v) is 7.25. The van der Waals surface area contributed by atoms with E-state index in [1.54, 1.807) is 24.8 Å². The molecule has 196 valence electrons. The Morgan fingerprint density at radius 2 is 1.22 bits per heavy atom. The Kier molecular flexibility index (Phi) is 10.0. The fraction of sp³-hybridized carbons (Fsp3) is 0.200. The van der Waals surface area contributed by atoms with Crippen molar-refractivity contribution in [2.45, 2.75) is 37.5 Å². The van der Waals surface area contributed by atoms with Gasteiger partial charge in [-0.05, 0) is 17.5 Å². The van der Waals surface area contributed by atoms with E-state index in [1.165, 1.54) is 22.3 Å². The van der Waals surface area contributed by atoms with Gasteiger partial charge in [-0.1, -0.05) is 62.8 Å². The molecular weight excluding hydrogens is 534 g/mol. The van der Waals surface area contributed by atoms with Gasteiger partial charge in [-0.15, -0.1) is 35.2 Å². The Morgan fingerprint density at radius 1 is 0.757 bits per heavy atom. The predicted octanol–water partition coefficient (Wildman–Crippen LogP) is 6.90. The molecule has 2 aromatic heterocycles. The van der Waals surface area contributed by atoms with Gasteiger partial charge >= 0.3 is 0 Å². The first-order valence-electron chi connectivity index (χ1n) is 12.0. The summed E-state index contributed by atoms with van der Waals surface area (Å²) in [5.41, 5.74) is 5.98. The van der Waals surface area contributed by atoms with Crippen molar-refractivity contribution in [1.82, 2.24) is 19.9 Å². The molecule has 4 nitrogen and oxygen atoms in total. The van der Waals surface area contributed by atoms with Crippen LogP contribution in [0.4, 0.5) is 0 Å². The van der Waals surface area contributed by atoms with Gasteiger partial charge in [-0.3, -0.25) is 0 Å². The monoisotopic (exact) mass is 566 g/mol. The van der Waals surface area contributed by atoms with Crippen molar-refractivity contribution in [2.75, 3.05) is 0 Å². The molecule has 2 heterocycles. The third kappa shape index (κ3) is 6.31. The summed E-state index contributed by atoms with van der Waals surface area (Å²) in [7, 11) is 5.89. The van der Waals surface area contributed by atoms with E-state index >= 15 is 0 Å². The maximum atomic E-state index is 4.67. The molecule has 2 atom stereocenters. The molecule has 2 unspecified atom stereocenters.